The number of carboxylic acid groups (broad SMARTS) is 1. The molecule has 7 rings (SSSR count). The van der Waals surface area contributed by atoms with E-state index in [4.69, 9.17) is 0 Å². The minimum Gasteiger partial charge on any atom is -0.481 e. The molecule has 12 heteroatoms. The third kappa shape index (κ3) is 4.93. The van der Waals surface area contributed by atoms with E-state index in [2.05, 4.69) is 25.0 Å². The van der Waals surface area contributed by atoms with Gasteiger partial charge in [-0.1, -0.05) is 0 Å². The van der Waals surface area contributed by atoms with Crippen LogP contribution in [0.1, 0.15) is 25.7 Å². The monoisotopic (exact) mass is 558 g/mol. The Labute approximate surface area is 224 Å². The van der Waals surface area contributed by atoms with Gasteiger partial charge in [0, 0.05) is 40.9 Å². The molecule has 0 radical (unpaired) electrons. The van der Waals surface area contributed by atoms with Crippen LogP contribution in [0.15, 0.2) is 48.7 Å². The van der Waals surface area contributed by atoms with Crippen molar-refractivity contribution in [1.82, 2.24) is 15.0 Å². The predicted molar refractivity (Wildman–Crippen MR) is 135 cm³/mol. The number of nitrogens with zero attached hydrogens (tertiary/aromatic N) is 2. The van der Waals surface area contributed by atoms with Crippen LogP contribution in [0.25, 0.3) is 33.5 Å². The summed E-state index contributed by atoms with van der Waals surface area (Å²) >= 11 is 0. The number of H-pyrrole nitrogens is 1. The van der Waals surface area contributed by atoms with Crippen molar-refractivity contribution in [2.45, 2.75) is 38.1 Å². The van der Waals surface area contributed by atoms with Gasteiger partial charge in [0.15, 0.2) is 5.82 Å². The molecule has 3 fully saturated rings. The molecule has 2 aromatic heterocycles. The molecule has 0 spiro atoms. The molecule has 208 valence electrons. The van der Waals surface area contributed by atoms with Gasteiger partial charge in [-0.15, -0.1) is 13.2 Å². The fourth-order valence-corrected chi connectivity index (χ4v) is 6.14. The number of fused-ring (bicyclic) bond motifs is 4. The molecule has 2 heterocycles. The molecule has 0 amide bonds. The van der Waals surface area contributed by atoms with E-state index in [1.807, 2.05) is 0 Å². The van der Waals surface area contributed by atoms with Crippen LogP contribution in [0.3, 0.4) is 0 Å². The second-order valence-corrected chi connectivity index (χ2v) is 10.3. The van der Waals surface area contributed by atoms with Crippen LogP contribution in [0, 0.1) is 29.4 Å². The van der Waals surface area contributed by atoms with Gasteiger partial charge >= 0.3 is 12.3 Å². The number of nitrogens with one attached hydrogen (secondary N) is 2. The van der Waals surface area contributed by atoms with E-state index < -0.39 is 35.6 Å². The third-order valence-corrected chi connectivity index (χ3v) is 7.88. The lowest BCUT2D eigenvalue weighted by molar-refractivity contribution is -0.274. The van der Waals surface area contributed by atoms with Gasteiger partial charge < -0.3 is 20.1 Å². The topological polar surface area (TPSA) is 100 Å². The van der Waals surface area contributed by atoms with Gasteiger partial charge in [-0.25, -0.2) is 18.7 Å². The Morgan fingerprint density at radius 3 is 2.38 bits per heavy atom. The highest BCUT2D eigenvalue weighted by Gasteiger charge is 2.47. The number of ether oxygens (including phenoxy) is 1. The molecule has 3 aliphatic carbocycles. The molecule has 0 aliphatic heterocycles. The number of aromatic amines is 1. The summed E-state index contributed by atoms with van der Waals surface area (Å²) in [6, 6.07) is 8.19. The SMILES string of the molecule is O=C(O)[C@@H]1C2CCC(CC2)C1Nc1cc(-c2ccc(OC(F)(F)F)cc2)nc(-c2c[nH]c3c(F)cc(F)cc23)n1. The highest BCUT2D eigenvalue weighted by molar-refractivity contribution is 5.94. The number of carboxylic acids is 1. The van der Waals surface area contributed by atoms with Crippen LogP contribution in [-0.2, 0) is 4.79 Å². The average Bonchev–Trinajstić information content (AvgIpc) is 3.33. The molecule has 2 atom stereocenters. The van der Waals surface area contributed by atoms with Gasteiger partial charge in [0.1, 0.15) is 23.2 Å². The van der Waals surface area contributed by atoms with Crippen molar-refractivity contribution in [3.05, 3.63) is 60.3 Å². The van der Waals surface area contributed by atoms with Gasteiger partial charge in [-0.05, 0) is 67.9 Å². The summed E-state index contributed by atoms with van der Waals surface area (Å²) in [5, 5.41) is 13.5. The molecular weight excluding hydrogens is 535 g/mol. The molecule has 3 saturated carbocycles. The van der Waals surface area contributed by atoms with Gasteiger partial charge in [0.25, 0.3) is 0 Å². The number of aliphatic carboxylic acids is 1. The number of aromatic nitrogens is 3. The van der Waals surface area contributed by atoms with Gasteiger partial charge in [0.2, 0.25) is 0 Å². The van der Waals surface area contributed by atoms with Crippen molar-refractivity contribution < 1.29 is 36.6 Å². The summed E-state index contributed by atoms with van der Waals surface area (Å²) in [6.45, 7) is 0. The fourth-order valence-electron chi connectivity index (χ4n) is 6.14. The zero-order chi connectivity index (χ0) is 28.2. The predicted octanol–water partition coefficient (Wildman–Crippen LogP) is 6.77. The van der Waals surface area contributed by atoms with E-state index in [1.165, 1.54) is 18.3 Å². The summed E-state index contributed by atoms with van der Waals surface area (Å²) in [7, 11) is 0. The van der Waals surface area contributed by atoms with Crippen LogP contribution in [0.2, 0.25) is 0 Å². The Hall–Kier alpha value is -4.22. The van der Waals surface area contributed by atoms with Gasteiger partial charge in [-0.3, -0.25) is 4.79 Å². The Kier molecular flexibility index (Phi) is 6.35. The largest absolute Gasteiger partial charge is 0.573 e. The number of alkyl halides is 3. The Morgan fingerprint density at radius 1 is 1.00 bits per heavy atom. The van der Waals surface area contributed by atoms with Crippen molar-refractivity contribution in [3.8, 4) is 28.4 Å². The molecule has 3 aliphatic rings. The first-order chi connectivity index (χ1) is 19.1. The lowest BCUT2D eigenvalue weighted by atomic mass is 9.61. The molecular formula is C28H23F5N4O3. The van der Waals surface area contributed by atoms with E-state index in [9.17, 15) is 31.9 Å². The normalized spacial score (nSPS) is 22.4. The number of benzene rings is 2. The quantitative estimate of drug-likeness (QED) is 0.226. The number of rotatable bonds is 6. The molecule has 3 N–H and O–H groups in total. The molecule has 7 nitrogen and oxygen atoms in total. The third-order valence-electron chi connectivity index (χ3n) is 7.88. The highest BCUT2D eigenvalue weighted by atomic mass is 19.4. The fraction of sp³-hybridized carbons (Fsp3) is 0.321. The van der Waals surface area contributed by atoms with Crippen molar-refractivity contribution >= 4 is 22.7 Å². The van der Waals surface area contributed by atoms with E-state index in [0.29, 0.717) is 22.6 Å². The van der Waals surface area contributed by atoms with Crippen LogP contribution >= 0.6 is 0 Å². The molecule has 40 heavy (non-hydrogen) atoms. The van der Waals surface area contributed by atoms with E-state index >= 15 is 0 Å². The average molecular weight is 559 g/mol. The summed E-state index contributed by atoms with van der Waals surface area (Å²) in [5.74, 6) is -2.92. The van der Waals surface area contributed by atoms with Crippen molar-refractivity contribution in [1.29, 1.82) is 0 Å². The molecule has 2 aromatic carbocycles. The first kappa shape index (κ1) is 26.0. The highest BCUT2D eigenvalue weighted by Crippen LogP contribution is 2.46. The summed E-state index contributed by atoms with van der Waals surface area (Å²) in [4.78, 5) is 24.1. The van der Waals surface area contributed by atoms with E-state index in [0.717, 1.165) is 49.9 Å². The summed E-state index contributed by atoms with van der Waals surface area (Å²) in [5.41, 5.74) is 1.10. The van der Waals surface area contributed by atoms with Gasteiger partial charge in [0.05, 0.1) is 17.1 Å². The van der Waals surface area contributed by atoms with Gasteiger partial charge in [-0.2, -0.15) is 0 Å². The lowest BCUT2D eigenvalue weighted by Gasteiger charge is -2.47. The van der Waals surface area contributed by atoms with Crippen molar-refractivity contribution in [3.63, 3.8) is 0 Å². The number of halogens is 5. The van der Waals surface area contributed by atoms with E-state index in [-0.39, 0.29) is 34.6 Å². The molecule has 2 bridgehead atoms. The molecule has 4 aromatic rings. The molecule has 1 unspecified atom stereocenters. The maximum absolute atomic E-state index is 14.4. The Morgan fingerprint density at radius 2 is 1.70 bits per heavy atom. The first-order valence-electron chi connectivity index (χ1n) is 12.8. The second-order valence-electron chi connectivity index (χ2n) is 10.3. The lowest BCUT2D eigenvalue weighted by Crippen LogP contribution is -2.51. The van der Waals surface area contributed by atoms with Crippen LogP contribution in [0.5, 0.6) is 5.75 Å². The second kappa shape index (κ2) is 9.76. The minimum atomic E-state index is -4.85. The van der Waals surface area contributed by atoms with Crippen molar-refractivity contribution in [2.24, 2.45) is 17.8 Å². The Bertz CT molecular complexity index is 1580. The van der Waals surface area contributed by atoms with Crippen LogP contribution in [0.4, 0.5) is 27.8 Å². The minimum absolute atomic E-state index is 0.0431. The zero-order valence-corrected chi connectivity index (χ0v) is 20.8. The van der Waals surface area contributed by atoms with E-state index in [1.54, 1.807) is 6.07 Å². The summed E-state index contributed by atoms with van der Waals surface area (Å²) < 4.78 is 70.4. The number of hydrogen-bond acceptors (Lipinski definition) is 5. The Balaban J connectivity index is 1.44. The standard InChI is InChI=1S/C28H23F5N4O3/c29-16-9-18-19(12-34-25(18)20(30)10-16)26-35-21(13-5-7-17(8-6-13)40-28(31,32)33)11-22(37-26)36-24-15-3-1-14(2-4-15)23(24)27(38)39/h5-12,14-15,23-24,34H,1-4H2,(H,38,39)(H,35,36,37)/t14?,15?,23-,24?/m1/s1. The first-order valence-corrected chi connectivity index (χ1v) is 12.8. The maximum Gasteiger partial charge on any atom is 0.573 e. The summed E-state index contributed by atoms with van der Waals surface area (Å²) in [6.07, 6.45) is 0.0641. The van der Waals surface area contributed by atoms with Crippen LogP contribution < -0.4 is 10.1 Å². The maximum atomic E-state index is 14.4. The number of anilines is 1. The van der Waals surface area contributed by atoms with Crippen molar-refractivity contribution in [2.75, 3.05) is 5.32 Å². The molecule has 0 saturated heterocycles. The number of carbonyl (C=O) groups is 1. The number of hydrogen-bond donors (Lipinski definition) is 3. The zero-order valence-electron chi connectivity index (χ0n) is 20.8. The smallest absolute Gasteiger partial charge is 0.481 e. The van der Waals surface area contributed by atoms with Crippen LogP contribution in [-0.4, -0.2) is 38.4 Å².